The number of aromatic nitrogens is 1. The number of nitroso groups, excluding NO2 is 1. The lowest BCUT2D eigenvalue weighted by molar-refractivity contribution is 0.334. The zero-order valence-electron chi connectivity index (χ0n) is 15.9. The minimum absolute atomic E-state index is 0.00955. The van der Waals surface area contributed by atoms with Crippen molar-refractivity contribution in [3.8, 4) is 0 Å². The second-order valence-corrected chi connectivity index (χ2v) is 7.15. The van der Waals surface area contributed by atoms with E-state index in [1.807, 2.05) is 37.3 Å². The molecular weight excluding hydrogens is 316 g/mol. The Bertz CT molecular complexity index is 618. The van der Waals surface area contributed by atoms with Crippen LogP contribution in [-0.4, -0.2) is 30.3 Å². The van der Waals surface area contributed by atoms with E-state index in [9.17, 15) is 10.0 Å². The van der Waals surface area contributed by atoms with Crippen LogP contribution < -0.4 is 10.3 Å². The molecule has 0 spiro atoms. The van der Waals surface area contributed by atoms with E-state index in [2.05, 4.69) is 36.4 Å². The van der Waals surface area contributed by atoms with Crippen LogP contribution in [0.15, 0.2) is 41.2 Å². The first-order chi connectivity index (χ1) is 11.8. The van der Waals surface area contributed by atoms with Gasteiger partial charge >= 0.3 is 0 Å². The Kier molecular flexibility index (Phi) is 8.28. The van der Waals surface area contributed by atoms with E-state index >= 15 is 0 Å². The van der Waals surface area contributed by atoms with Gasteiger partial charge in [0, 0.05) is 25.7 Å². The average molecular weight is 346 g/mol. The maximum atomic E-state index is 11.0. The molecule has 0 amide bonds. The van der Waals surface area contributed by atoms with Crippen molar-refractivity contribution in [2.45, 2.75) is 40.5 Å². The highest BCUT2D eigenvalue weighted by Crippen LogP contribution is 2.25. The highest BCUT2D eigenvalue weighted by molar-refractivity contribution is 5.65. The number of aliphatic hydroxyl groups is 1. The van der Waals surface area contributed by atoms with E-state index in [0.29, 0.717) is 12.2 Å². The molecule has 6 nitrogen and oxygen atoms in total. The maximum absolute atomic E-state index is 11.0. The van der Waals surface area contributed by atoms with Gasteiger partial charge in [0.25, 0.3) is 0 Å². The van der Waals surface area contributed by atoms with Gasteiger partial charge in [-0.05, 0) is 29.5 Å². The summed E-state index contributed by atoms with van der Waals surface area (Å²) < 4.78 is 0. The summed E-state index contributed by atoms with van der Waals surface area (Å²) in [7, 11) is 1.58. The number of nitrogens with one attached hydrogen (secondary N) is 1. The average Bonchev–Trinajstić information content (AvgIpc) is 2.59. The smallest absolute Gasteiger partial charge is 0.175 e. The summed E-state index contributed by atoms with van der Waals surface area (Å²) >= 11 is 0. The van der Waals surface area contributed by atoms with Crippen molar-refractivity contribution >= 4 is 11.5 Å². The van der Waals surface area contributed by atoms with Crippen LogP contribution >= 0.6 is 0 Å². The maximum Gasteiger partial charge on any atom is 0.175 e. The highest BCUT2D eigenvalue weighted by Gasteiger charge is 2.14. The topological polar surface area (TPSA) is 77.8 Å². The van der Waals surface area contributed by atoms with Crippen LogP contribution in [0.1, 0.15) is 39.8 Å². The van der Waals surface area contributed by atoms with E-state index in [-0.39, 0.29) is 12.0 Å². The second kappa shape index (κ2) is 9.93. The Labute approximate surface area is 150 Å². The van der Waals surface area contributed by atoms with Crippen LogP contribution in [0.5, 0.6) is 0 Å². The third-order valence-corrected chi connectivity index (χ3v) is 3.49. The zero-order valence-corrected chi connectivity index (χ0v) is 15.9. The molecule has 0 aliphatic heterocycles. The summed E-state index contributed by atoms with van der Waals surface area (Å²) in [5.41, 5.74) is 2.54. The first kappa shape index (κ1) is 20.8. The molecule has 0 unspecified atom stereocenters. The van der Waals surface area contributed by atoms with Gasteiger partial charge in [0.1, 0.15) is 0 Å². The Hall–Kier alpha value is -2.21. The van der Waals surface area contributed by atoms with Crippen LogP contribution in [0.3, 0.4) is 0 Å². The molecule has 0 aromatic carbocycles. The zero-order chi connectivity index (χ0) is 18.9. The van der Waals surface area contributed by atoms with Gasteiger partial charge in [-0.1, -0.05) is 45.9 Å². The molecule has 1 aromatic heterocycles. The number of hydrogen-bond acceptors (Lipinski definition) is 5. The molecular formula is C19H30N4O2. The molecule has 0 fully saturated rings. The fraction of sp³-hybridized carbons (Fsp3) is 0.526. The van der Waals surface area contributed by atoms with Gasteiger partial charge in [-0.3, -0.25) is 0 Å². The Morgan fingerprint density at radius 3 is 2.68 bits per heavy atom. The van der Waals surface area contributed by atoms with E-state index in [1.165, 1.54) is 5.01 Å². The van der Waals surface area contributed by atoms with Crippen LogP contribution in [0.2, 0.25) is 0 Å². The molecule has 0 aliphatic rings. The predicted molar refractivity (Wildman–Crippen MR) is 105 cm³/mol. The minimum Gasteiger partial charge on any atom is -0.392 e. The normalized spacial score (nSPS) is 12.5. The molecule has 0 radical (unpaired) electrons. The number of nitrogens with zero attached hydrogens (tertiary/aromatic N) is 3. The lowest BCUT2D eigenvalue weighted by atomic mass is 9.97. The number of aliphatic hydroxyl groups excluding tert-OH is 1. The van der Waals surface area contributed by atoms with Gasteiger partial charge < -0.3 is 10.4 Å². The number of hydrogen-bond donors (Lipinski definition) is 2. The summed E-state index contributed by atoms with van der Waals surface area (Å²) in [5, 5.41) is 16.9. The fourth-order valence-corrected chi connectivity index (χ4v) is 2.08. The van der Waals surface area contributed by atoms with Crippen molar-refractivity contribution < 1.29 is 5.11 Å². The van der Waals surface area contributed by atoms with E-state index in [0.717, 1.165) is 29.9 Å². The van der Waals surface area contributed by atoms with Gasteiger partial charge in [0.05, 0.1) is 17.6 Å². The van der Waals surface area contributed by atoms with E-state index in [4.69, 9.17) is 0 Å². The quantitative estimate of drug-likeness (QED) is 0.400. The van der Waals surface area contributed by atoms with E-state index in [1.54, 1.807) is 7.05 Å². The van der Waals surface area contributed by atoms with Gasteiger partial charge in [-0.15, -0.1) is 4.91 Å². The molecule has 0 atom stereocenters. The van der Waals surface area contributed by atoms with Crippen LogP contribution in [0.4, 0.5) is 11.5 Å². The summed E-state index contributed by atoms with van der Waals surface area (Å²) in [5.74, 6) is 0.500. The fourth-order valence-electron chi connectivity index (χ4n) is 2.08. The third-order valence-electron chi connectivity index (χ3n) is 3.49. The van der Waals surface area contributed by atoms with Crippen LogP contribution in [-0.2, 0) is 6.42 Å². The summed E-state index contributed by atoms with van der Waals surface area (Å²) in [6.07, 6.45) is 7.35. The van der Waals surface area contributed by atoms with Gasteiger partial charge in [0.2, 0.25) is 0 Å². The molecule has 1 heterocycles. The molecule has 25 heavy (non-hydrogen) atoms. The molecule has 2 N–H and O–H groups in total. The number of allylic oxidation sites excluding steroid dienone is 2. The van der Waals surface area contributed by atoms with Gasteiger partial charge in [-0.25, -0.2) is 9.99 Å². The largest absolute Gasteiger partial charge is 0.392 e. The first-order valence-electron chi connectivity index (χ1n) is 8.58. The molecule has 1 aromatic rings. The van der Waals surface area contributed by atoms with Crippen molar-refractivity contribution in [3.05, 3.63) is 46.5 Å². The standard InChI is InChI=1S/C19H30N4O2/c1-6-7-8-15(13-24)9-10-16-11-12-17(20-14-19(2,3)4)18(21-16)23(5)22-25/h7-9,11-12,20,24H,6,10,13-14H2,1-5H3/b8-7-,15-9+. The van der Waals surface area contributed by atoms with Gasteiger partial charge in [0.15, 0.2) is 5.82 Å². The third kappa shape index (κ3) is 7.47. The minimum atomic E-state index is -0.00955. The lowest BCUT2D eigenvalue weighted by Crippen LogP contribution is -2.21. The monoisotopic (exact) mass is 346 g/mol. The SMILES string of the molecule is CC/C=C\C(=C/Cc1ccc(NCC(C)(C)C)c(N(C)N=O)n1)CO. The Morgan fingerprint density at radius 1 is 1.40 bits per heavy atom. The van der Waals surface area contributed by atoms with Crippen molar-refractivity contribution in [1.29, 1.82) is 0 Å². The number of anilines is 2. The van der Waals surface area contributed by atoms with Crippen molar-refractivity contribution in [1.82, 2.24) is 4.98 Å². The second-order valence-electron chi connectivity index (χ2n) is 7.15. The van der Waals surface area contributed by atoms with Gasteiger partial charge in [-0.2, -0.15) is 0 Å². The molecule has 0 saturated carbocycles. The molecule has 0 saturated heterocycles. The highest BCUT2D eigenvalue weighted by atomic mass is 16.3. The number of pyridine rings is 1. The van der Waals surface area contributed by atoms with Crippen molar-refractivity contribution in [2.75, 3.05) is 30.5 Å². The summed E-state index contributed by atoms with van der Waals surface area (Å²) in [4.78, 5) is 15.5. The summed E-state index contributed by atoms with van der Waals surface area (Å²) in [6, 6.07) is 3.83. The molecule has 0 aliphatic carbocycles. The Morgan fingerprint density at radius 2 is 2.12 bits per heavy atom. The first-order valence-corrected chi connectivity index (χ1v) is 8.58. The molecule has 138 valence electrons. The van der Waals surface area contributed by atoms with E-state index < -0.39 is 0 Å². The molecule has 0 bridgehead atoms. The van der Waals surface area contributed by atoms with Crippen LogP contribution in [0.25, 0.3) is 0 Å². The molecule has 6 heteroatoms. The Balaban J connectivity index is 3.01. The number of rotatable bonds is 9. The predicted octanol–water partition coefficient (Wildman–Crippen LogP) is 4.08. The van der Waals surface area contributed by atoms with Crippen molar-refractivity contribution in [3.63, 3.8) is 0 Å². The molecule has 1 rings (SSSR count). The van der Waals surface area contributed by atoms with Crippen LogP contribution in [0, 0.1) is 10.3 Å². The lowest BCUT2D eigenvalue weighted by Gasteiger charge is -2.22. The van der Waals surface area contributed by atoms with Crippen molar-refractivity contribution in [2.24, 2.45) is 10.7 Å². The summed E-state index contributed by atoms with van der Waals surface area (Å²) in [6.45, 7) is 9.19.